The summed E-state index contributed by atoms with van der Waals surface area (Å²) in [6.45, 7) is 6.31. The van der Waals surface area contributed by atoms with E-state index in [1.54, 1.807) is 24.5 Å². The molecule has 0 spiro atoms. The Morgan fingerprint density at radius 3 is 2.63 bits per heavy atom. The van der Waals surface area contributed by atoms with E-state index in [9.17, 15) is 4.55 Å². The summed E-state index contributed by atoms with van der Waals surface area (Å²) in [5, 5.41) is 10.1. The molecule has 0 radical (unpaired) electrons. The van der Waals surface area contributed by atoms with Crippen molar-refractivity contribution < 1.29 is 9.29 Å². The van der Waals surface area contributed by atoms with E-state index in [-0.39, 0.29) is 12.1 Å². The van der Waals surface area contributed by atoms with Crippen LogP contribution in [0.2, 0.25) is 10.0 Å². The molecule has 0 saturated carbocycles. The van der Waals surface area contributed by atoms with Crippen LogP contribution in [0, 0.1) is 11.3 Å². The van der Waals surface area contributed by atoms with Gasteiger partial charge in [-0.3, -0.25) is 9.62 Å². The number of ether oxygens (including phenoxy) is 1. The molecule has 30 heavy (non-hydrogen) atoms. The number of nitrogens with one attached hydrogen (secondary N) is 1. The van der Waals surface area contributed by atoms with E-state index in [1.807, 2.05) is 32.0 Å². The molecule has 0 bridgehead atoms. The maximum absolute atomic E-state index is 11.0. The molecule has 1 aliphatic heterocycles. The maximum atomic E-state index is 11.0. The minimum absolute atomic E-state index is 0.000380. The molecule has 1 heterocycles. The summed E-state index contributed by atoms with van der Waals surface area (Å²) in [4.78, 5) is 3.07. The van der Waals surface area contributed by atoms with E-state index < -0.39 is 10.5 Å². The van der Waals surface area contributed by atoms with Crippen molar-refractivity contribution in [2.45, 2.75) is 43.9 Å². The summed E-state index contributed by atoms with van der Waals surface area (Å²) in [6, 6.07) is 13.3. The molecule has 1 aliphatic rings. The molecule has 1 saturated heterocycles. The highest BCUT2D eigenvalue weighted by Crippen LogP contribution is 2.45. The molecule has 2 unspecified atom stereocenters. The van der Waals surface area contributed by atoms with Gasteiger partial charge < -0.3 is 9.29 Å². The van der Waals surface area contributed by atoms with Crippen molar-refractivity contribution in [2.24, 2.45) is 0 Å². The monoisotopic (exact) mass is 467 g/mol. The molecule has 0 aromatic heterocycles. The standard InChI is InChI=1S/C22H27Cl2N3O2S/c1-15(2)29-22-20(23)10-17(11-21(22)24)13-27-8-7-18(14-27)26-30(3,28)19-6-4-5-16(9-19)12-25/h4-6,9-11,15,18,26,28H,7-8,13-14H2,1-3H3. The van der Waals surface area contributed by atoms with Crippen LogP contribution in [-0.2, 0) is 6.54 Å². The number of hydrogen-bond donors (Lipinski definition) is 2. The molecule has 0 aliphatic carbocycles. The van der Waals surface area contributed by atoms with Gasteiger partial charge in [-0.1, -0.05) is 39.8 Å². The Balaban J connectivity index is 1.62. The van der Waals surface area contributed by atoms with Gasteiger partial charge in [-0.2, -0.15) is 5.26 Å². The van der Waals surface area contributed by atoms with Crippen molar-refractivity contribution in [1.82, 2.24) is 9.62 Å². The van der Waals surface area contributed by atoms with Crippen LogP contribution in [0.25, 0.3) is 0 Å². The van der Waals surface area contributed by atoms with Crippen LogP contribution >= 0.6 is 33.7 Å². The fourth-order valence-electron chi connectivity index (χ4n) is 3.59. The van der Waals surface area contributed by atoms with Crippen LogP contribution in [0.3, 0.4) is 0 Å². The molecule has 2 N–H and O–H groups in total. The molecule has 3 rings (SSSR count). The summed E-state index contributed by atoms with van der Waals surface area (Å²) in [6.07, 6.45) is 2.73. The second-order valence-electron chi connectivity index (χ2n) is 7.91. The third-order valence-electron chi connectivity index (χ3n) is 4.91. The van der Waals surface area contributed by atoms with Crippen molar-refractivity contribution in [3.05, 3.63) is 57.6 Å². The molecule has 1 fully saturated rings. The lowest BCUT2D eigenvalue weighted by Gasteiger charge is -2.34. The second-order valence-corrected chi connectivity index (χ2v) is 11.2. The van der Waals surface area contributed by atoms with Crippen molar-refractivity contribution in [3.63, 3.8) is 0 Å². The Morgan fingerprint density at radius 1 is 1.30 bits per heavy atom. The maximum Gasteiger partial charge on any atom is 0.156 e. The first-order valence-corrected chi connectivity index (χ1v) is 12.6. The van der Waals surface area contributed by atoms with E-state index in [2.05, 4.69) is 15.7 Å². The quantitative estimate of drug-likeness (QED) is 0.546. The smallest absolute Gasteiger partial charge is 0.156 e. The Labute approximate surface area is 190 Å². The molecule has 2 aromatic carbocycles. The minimum Gasteiger partial charge on any atom is -0.488 e. The number of halogens is 2. The molecule has 8 heteroatoms. The number of rotatable bonds is 7. The summed E-state index contributed by atoms with van der Waals surface area (Å²) in [5.41, 5.74) is 1.58. The number of nitriles is 1. The van der Waals surface area contributed by atoms with Gasteiger partial charge >= 0.3 is 0 Å². The Morgan fingerprint density at radius 2 is 2.00 bits per heavy atom. The second kappa shape index (κ2) is 9.78. The van der Waals surface area contributed by atoms with Gasteiger partial charge in [-0.05, 0) is 56.2 Å². The largest absolute Gasteiger partial charge is 0.488 e. The third-order valence-corrected chi connectivity index (χ3v) is 7.43. The number of nitrogens with zero attached hydrogens (tertiary/aromatic N) is 2. The third kappa shape index (κ3) is 5.82. The molecule has 2 aromatic rings. The van der Waals surface area contributed by atoms with Crippen LogP contribution in [0.4, 0.5) is 0 Å². The zero-order valence-electron chi connectivity index (χ0n) is 17.4. The van der Waals surface area contributed by atoms with Crippen molar-refractivity contribution in [1.29, 1.82) is 5.26 Å². The van der Waals surface area contributed by atoms with Gasteiger partial charge in [0.2, 0.25) is 0 Å². The average molecular weight is 468 g/mol. The lowest BCUT2D eigenvalue weighted by molar-refractivity contribution is 0.242. The van der Waals surface area contributed by atoms with Crippen LogP contribution in [0.5, 0.6) is 5.75 Å². The summed E-state index contributed by atoms with van der Waals surface area (Å²) >= 11 is 12.8. The van der Waals surface area contributed by atoms with Gasteiger partial charge in [-0.15, -0.1) is 0 Å². The van der Waals surface area contributed by atoms with Crippen LogP contribution < -0.4 is 9.46 Å². The molecule has 0 amide bonds. The Hall–Kier alpha value is -1.46. The zero-order valence-corrected chi connectivity index (χ0v) is 19.7. The van der Waals surface area contributed by atoms with Crippen molar-refractivity contribution in [3.8, 4) is 11.8 Å². The number of benzene rings is 2. The minimum atomic E-state index is -2.19. The fourth-order valence-corrected chi connectivity index (χ4v) is 5.89. The molecular weight excluding hydrogens is 441 g/mol. The molecule has 162 valence electrons. The number of hydrogen-bond acceptors (Lipinski definition) is 5. The van der Waals surface area contributed by atoms with Gasteiger partial charge in [0.15, 0.2) is 5.75 Å². The number of likely N-dealkylation sites (tertiary alicyclic amines) is 1. The highest BCUT2D eigenvalue weighted by Gasteiger charge is 2.28. The fraction of sp³-hybridized carbons (Fsp3) is 0.409. The van der Waals surface area contributed by atoms with E-state index in [4.69, 9.17) is 33.2 Å². The van der Waals surface area contributed by atoms with Crippen molar-refractivity contribution >= 4 is 33.7 Å². The predicted octanol–water partition coefficient (Wildman–Crippen LogP) is 5.70. The van der Waals surface area contributed by atoms with E-state index in [0.717, 1.165) is 36.5 Å². The SMILES string of the molecule is CC(C)Oc1c(Cl)cc(CN2CCC(NS(C)(O)c3cccc(C#N)c3)C2)cc1Cl. The topological polar surface area (TPSA) is 68.5 Å². The summed E-state index contributed by atoms with van der Waals surface area (Å²) < 4.78 is 20.1. The van der Waals surface area contributed by atoms with Gasteiger partial charge in [0.25, 0.3) is 0 Å². The van der Waals surface area contributed by atoms with Gasteiger partial charge in [0.1, 0.15) is 0 Å². The molecular formula is C22H27Cl2N3O2S. The normalized spacial score (nSPS) is 20.0. The Kier molecular flexibility index (Phi) is 7.56. The average Bonchev–Trinajstić information content (AvgIpc) is 3.10. The Bertz CT molecular complexity index is 923. The zero-order chi connectivity index (χ0) is 21.9. The van der Waals surface area contributed by atoms with Crippen LogP contribution in [0.1, 0.15) is 31.4 Å². The lowest BCUT2D eigenvalue weighted by Crippen LogP contribution is -2.34. The van der Waals surface area contributed by atoms with Crippen LogP contribution in [0.15, 0.2) is 41.3 Å². The summed E-state index contributed by atoms with van der Waals surface area (Å²) in [7, 11) is -2.19. The molecule has 2 atom stereocenters. The van der Waals surface area contributed by atoms with Crippen molar-refractivity contribution in [2.75, 3.05) is 19.3 Å². The van der Waals surface area contributed by atoms with Gasteiger partial charge in [0.05, 0.1) is 27.8 Å². The first kappa shape index (κ1) is 23.2. The van der Waals surface area contributed by atoms with Gasteiger partial charge in [-0.25, -0.2) is 0 Å². The van der Waals surface area contributed by atoms with Gasteiger partial charge in [0, 0.05) is 36.8 Å². The highest BCUT2D eigenvalue weighted by molar-refractivity contribution is 8.27. The first-order valence-electron chi connectivity index (χ1n) is 9.83. The van der Waals surface area contributed by atoms with E-state index in [1.165, 1.54) is 0 Å². The summed E-state index contributed by atoms with van der Waals surface area (Å²) in [5.74, 6) is 0.525. The van der Waals surface area contributed by atoms with Crippen LogP contribution in [-0.4, -0.2) is 40.9 Å². The lowest BCUT2D eigenvalue weighted by atomic mass is 10.2. The molecule has 5 nitrogen and oxygen atoms in total. The first-order chi connectivity index (χ1) is 14.2. The van der Waals surface area contributed by atoms with E-state index in [0.29, 0.717) is 21.4 Å². The van der Waals surface area contributed by atoms with E-state index >= 15 is 0 Å². The highest BCUT2D eigenvalue weighted by atomic mass is 35.5. The predicted molar refractivity (Wildman–Crippen MR) is 125 cm³/mol.